The Labute approximate surface area is 192 Å². The van der Waals surface area contributed by atoms with E-state index in [-0.39, 0.29) is 6.42 Å². The number of aliphatic imine (C=N–C) groups is 1. The van der Waals surface area contributed by atoms with Gasteiger partial charge in [-0.3, -0.25) is 14.5 Å². The molecule has 2 amide bonds. The highest BCUT2D eigenvalue weighted by atomic mass is 19.4. The van der Waals surface area contributed by atoms with Crippen LogP contribution in [-0.2, 0) is 9.59 Å². The molecule has 3 aromatic carbocycles. The van der Waals surface area contributed by atoms with Crippen LogP contribution in [0.15, 0.2) is 75.9 Å². The molecule has 3 aromatic rings. The standard InChI is InChI=1S/C24H18F3N5O2/c1-2-16-21(33)28-19-17-9-4-3-6-13(17)10-11-18(19)32(22(16)34)15-8-5-7-14(12-15)20-29-23(31-30-20)24(25,26)27/h3-12,16,20H,2H2,1H3,(H,28,33). The van der Waals surface area contributed by atoms with Crippen LogP contribution in [0.1, 0.15) is 25.1 Å². The second-order valence-corrected chi connectivity index (χ2v) is 7.94. The van der Waals surface area contributed by atoms with Gasteiger partial charge in [0, 0.05) is 16.6 Å². The third kappa shape index (κ3) is 3.60. The minimum atomic E-state index is -4.70. The van der Waals surface area contributed by atoms with Crippen molar-refractivity contribution in [1.82, 2.24) is 0 Å². The number of amidine groups is 1. The van der Waals surface area contributed by atoms with Gasteiger partial charge in [0.15, 0.2) is 6.17 Å². The number of hydrogen-bond donors (Lipinski definition) is 1. The number of fused-ring (bicyclic) bond motifs is 3. The van der Waals surface area contributed by atoms with Gasteiger partial charge in [0.25, 0.3) is 5.84 Å². The number of alkyl halides is 3. The Morgan fingerprint density at radius 2 is 1.82 bits per heavy atom. The lowest BCUT2D eigenvalue weighted by Crippen LogP contribution is -2.35. The summed E-state index contributed by atoms with van der Waals surface area (Å²) < 4.78 is 38.9. The zero-order valence-corrected chi connectivity index (χ0v) is 17.9. The van der Waals surface area contributed by atoms with Crippen molar-refractivity contribution in [1.29, 1.82) is 0 Å². The van der Waals surface area contributed by atoms with Gasteiger partial charge in [-0.15, -0.1) is 5.11 Å². The molecule has 34 heavy (non-hydrogen) atoms. The maximum atomic E-state index is 13.5. The molecule has 0 radical (unpaired) electrons. The number of benzene rings is 3. The number of halogens is 3. The first kappa shape index (κ1) is 21.7. The molecular formula is C24H18F3N5O2. The van der Waals surface area contributed by atoms with Crippen LogP contribution in [0.2, 0.25) is 0 Å². The van der Waals surface area contributed by atoms with Gasteiger partial charge in [0.2, 0.25) is 11.8 Å². The number of carbonyl (C=O) groups excluding carboxylic acids is 2. The van der Waals surface area contributed by atoms with Crippen molar-refractivity contribution in [3.8, 4) is 0 Å². The summed E-state index contributed by atoms with van der Waals surface area (Å²) in [7, 11) is 0. The summed E-state index contributed by atoms with van der Waals surface area (Å²) in [4.78, 5) is 31.5. The predicted octanol–water partition coefficient (Wildman–Crippen LogP) is 5.91. The van der Waals surface area contributed by atoms with Gasteiger partial charge in [0.1, 0.15) is 5.92 Å². The molecule has 7 nitrogen and oxygen atoms in total. The van der Waals surface area contributed by atoms with Gasteiger partial charge in [-0.1, -0.05) is 49.4 Å². The molecule has 0 fully saturated rings. The third-order valence-corrected chi connectivity index (χ3v) is 5.83. The molecule has 2 aliphatic heterocycles. The third-order valence-electron chi connectivity index (χ3n) is 5.83. The van der Waals surface area contributed by atoms with E-state index in [0.29, 0.717) is 22.6 Å². The van der Waals surface area contributed by atoms with Crippen molar-refractivity contribution in [3.63, 3.8) is 0 Å². The zero-order chi connectivity index (χ0) is 24.0. The van der Waals surface area contributed by atoms with Gasteiger partial charge in [-0.05, 0) is 30.0 Å². The lowest BCUT2D eigenvalue weighted by Gasteiger charge is -2.25. The van der Waals surface area contributed by atoms with Crippen molar-refractivity contribution in [2.75, 3.05) is 10.2 Å². The SMILES string of the molecule is CCC1C(=O)Nc2c(ccc3ccccc23)N(c2cccc(C3N=NC(C(F)(F)F)=N3)c2)C1=O. The number of anilines is 3. The van der Waals surface area contributed by atoms with Crippen LogP contribution >= 0.6 is 0 Å². The summed E-state index contributed by atoms with van der Waals surface area (Å²) in [6, 6.07) is 17.4. The van der Waals surface area contributed by atoms with E-state index in [1.165, 1.54) is 4.90 Å². The summed E-state index contributed by atoms with van der Waals surface area (Å²) >= 11 is 0. The Kier molecular flexibility index (Phi) is 5.15. The normalized spacial score (nSPS) is 20.2. The molecule has 0 saturated heterocycles. The quantitative estimate of drug-likeness (QED) is 0.488. The Bertz CT molecular complexity index is 1380. The molecule has 0 bridgehead atoms. The lowest BCUT2D eigenvalue weighted by molar-refractivity contribution is -0.130. The number of amides is 2. The summed E-state index contributed by atoms with van der Waals surface area (Å²) in [6.45, 7) is 1.75. The number of rotatable bonds is 3. The Balaban J connectivity index is 1.65. The molecule has 0 aliphatic carbocycles. The van der Waals surface area contributed by atoms with E-state index in [1.807, 2.05) is 30.3 Å². The van der Waals surface area contributed by atoms with E-state index < -0.39 is 35.9 Å². The van der Waals surface area contributed by atoms with E-state index in [1.54, 1.807) is 37.3 Å². The molecule has 1 N–H and O–H groups in total. The van der Waals surface area contributed by atoms with Crippen molar-refractivity contribution in [2.45, 2.75) is 25.7 Å². The smallest absolute Gasteiger partial charge is 0.323 e. The molecule has 0 aromatic heterocycles. The summed E-state index contributed by atoms with van der Waals surface area (Å²) in [5.41, 5.74) is 1.69. The molecule has 5 rings (SSSR count). The maximum absolute atomic E-state index is 13.5. The molecule has 0 saturated carbocycles. The summed E-state index contributed by atoms with van der Waals surface area (Å²) in [5.74, 6) is -3.08. The van der Waals surface area contributed by atoms with Crippen molar-refractivity contribution < 1.29 is 22.8 Å². The molecule has 0 spiro atoms. The minimum absolute atomic E-state index is 0.281. The fraction of sp³-hybridized carbons (Fsp3) is 0.208. The van der Waals surface area contributed by atoms with E-state index in [9.17, 15) is 22.8 Å². The molecule has 172 valence electrons. The second kappa shape index (κ2) is 8.05. The predicted molar refractivity (Wildman–Crippen MR) is 121 cm³/mol. The Morgan fingerprint density at radius 3 is 2.56 bits per heavy atom. The average molecular weight is 465 g/mol. The largest absolute Gasteiger partial charge is 0.453 e. The van der Waals surface area contributed by atoms with Gasteiger partial charge in [0.05, 0.1) is 11.4 Å². The highest BCUT2D eigenvalue weighted by molar-refractivity contribution is 6.22. The first-order valence-electron chi connectivity index (χ1n) is 10.6. The van der Waals surface area contributed by atoms with E-state index in [0.717, 1.165) is 10.8 Å². The second-order valence-electron chi connectivity index (χ2n) is 7.94. The lowest BCUT2D eigenvalue weighted by atomic mass is 10.0. The molecule has 2 heterocycles. The van der Waals surface area contributed by atoms with Gasteiger partial charge in [-0.25, -0.2) is 4.99 Å². The van der Waals surface area contributed by atoms with Crippen molar-refractivity contribution in [2.24, 2.45) is 21.1 Å². The summed E-state index contributed by atoms with van der Waals surface area (Å²) in [6.07, 6.45) is -5.59. The zero-order valence-electron chi connectivity index (χ0n) is 17.9. The number of carbonyl (C=O) groups is 2. The number of hydrogen-bond acceptors (Lipinski definition) is 5. The van der Waals surface area contributed by atoms with Crippen molar-refractivity contribution >= 4 is 45.5 Å². The van der Waals surface area contributed by atoms with E-state index in [4.69, 9.17) is 0 Å². The maximum Gasteiger partial charge on any atom is 0.453 e. The van der Waals surface area contributed by atoms with Gasteiger partial charge >= 0.3 is 6.18 Å². The van der Waals surface area contributed by atoms with Gasteiger partial charge in [-0.2, -0.15) is 18.3 Å². The first-order chi connectivity index (χ1) is 16.3. The fourth-order valence-corrected chi connectivity index (χ4v) is 4.17. The van der Waals surface area contributed by atoms with E-state index >= 15 is 0 Å². The van der Waals surface area contributed by atoms with Crippen LogP contribution in [0, 0.1) is 5.92 Å². The number of nitrogens with zero attached hydrogens (tertiary/aromatic N) is 4. The Morgan fingerprint density at radius 1 is 1.03 bits per heavy atom. The fourth-order valence-electron chi connectivity index (χ4n) is 4.17. The van der Waals surface area contributed by atoms with Crippen LogP contribution in [0.5, 0.6) is 0 Å². The van der Waals surface area contributed by atoms with Gasteiger partial charge < -0.3 is 5.32 Å². The van der Waals surface area contributed by atoms with E-state index in [2.05, 4.69) is 20.5 Å². The highest BCUT2D eigenvalue weighted by Crippen LogP contribution is 2.42. The minimum Gasteiger partial charge on any atom is -0.323 e. The van der Waals surface area contributed by atoms with Crippen LogP contribution in [-0.4, -0.2) is 23.8 Å². The first-order valence-corrected chi connectivity index (χ1v) is 10.6. The van der Waals surface area contributed by atoms with Crippen LogP contribution in [0.4, 0.5) is 30.2 Å². The average Bonchev–Trinajstić information content (AvgIpc) is 3.29. The monoisotopic (exact) mass is 465 g/mol. The highest BCUT2D eigenvalue weighted by Gasteiger charge is 2.40. The molecule has 2 atom stereocenters. The molecular weight excluding hydrogens is 447 g/mol. The molecule has 2 aliphatic rings. The molecule has 2 unspecified atom stereocenters. The topological polar surface area (TPSA) is 86.5 Å². The number of azo groups is 1. The van der Waals surface area contributed by atoms with Crippen LogP contribution in [0.3, 0.4) is 0 Å². The molecule has 10 heteroatoms. The Hall–Kier alpha value is -4.08. The van der Waals surface area contributed by atoms with Crippen molar-refractivity contribution in [3.05, 3.63) is 66.2 Å². The van der Waals surface area contributed by atoms with Crippen LogP contribution < -0.4 is 10.2 Å². The number of nitrogens with one attached hydrogen (secondary N) is 1. The summed E-state index contributed by atoms with van der Waals surface area (Å²) in [5, 5.41) is 11.4. The van der Waals surface area contributed by atoms with Crippen LogP contribution in [0.25, 0.3) is 10.8 Å².